The van der Waals surface area contributed by atoms with E-state index in [-0.39, 0.29) is 33.3 Å². The number of carbonyl (C=O) groups is 2. The van der Waals surface area contributed by atoms with Crippen LogP contribution in [0, 0.1) is 25.7 Å². The van der Waals surface area contributed by atoms with Crippen molar-refractivity contribution in [2.75, 3.05) is 4.90 Å². The van der Waals surface area contributed by atoms with Crippen molar-refractivity contribution in [3.8, 4) is 0 Å². The molecule has 2 aliphatic rings. The first-order chi connectivity index (χ1) is 9.91. The number of para-hydroxylation sites is 1. The number of aryl methyl sites for hydroxylation is 2. The monoisotopic (exact) mass is 413 g/mol. The Hall–Kier alpha value is -0.680. The van der Waals surface area contributed by atoms with E-state index in [4.69, 9.17) is 0 Å². The van der Waals surface area contributed by atoms with Crippen molar-refractivity contribution in [2.24, 2.45) is 11.8 Å². The van der Waals surface area contributed by atoms with Crippen LogP contribution in [-0.4, -0.2) is 21.5 Å². The molecule has 1 aliphatic heterocycles. The van der Waals surface area contributed by atoms with Crippen LogP contribution in [-0.2, 0) is 9.59 Å². The third-order valence-corrected chi connectivity index (χ3v) is 7.31. The first-order valence-corrected chi connectivity index (χ1v) is 8.97. The minimum Gasteiger partial charge on any atom is -0.274 e. The van der Waals surface area contributed by atoms with Gasteiger partial charge >= 0.3 is 0 Å². The van der Waals surface area contributed by atoms with Gasteiger partial charge in [-0.3, -0.25) is 9.59 Å². The van der Waals surface area contributed by atoms with Gasteiger partial charge in [-0.25, -0.2) is 4.90 Å². The highest BCUT2D eigenvalue weighted by Gasteiger charge is 2.52. The molecule has 0 aromatic heterocycles. The largest absolute Gasteiger partial charge is 0.274 e. The Morgan fingerprint density at radius 1 is 0.952 bits per heavy atom. The number of rotatable bonds is 1. The quantitative estimate of drug-likeness (QED) is 0.518. The summed E-state index contributed by atoms with van der Waals surface area (Å²) in [6.45, 7) is 3.90. The summed E-state index contributed by atoms with van der Waals surface area (Å²) in [5.41, 5.74) is 2.72. The summed E-state index contributed by atoms with van der Waals surface area (Å²) < 4.78 is 0. The van der Waals surface area contributed by atoms with Crippen LogP contribution in [0.5, 0.6) is 0 Å². The zero-order valence-electron chi connectivity index (χ0n) is 12.0. The van der Waals surface area contributed by atoms with Crippen molar-refractivity contribution < 1.29 is 9.59 Å². The third kappa shape index (κ3) is 2.38. The van der Waals surface area contributed by atoms with Crippen LogP contribution >= 0.6 is 31.9 Å². The van der Waals surface area contributed by atoms with E-state index in [1.165, 1.54) is 4.90 Å². The van der Waals surface area contributed by atoms with Crippen LogP contribution in [0.4, 0.5) is 5.69 Å². The van der Waals surface area contributed by atoms with Gasteiger partial charge in [0, 0.05) is 9.65 Å². The number of imide groups is 1. The molecule has 0 unspecified atom stereocenters. The number of fused-ring (bicyclic) bond motifs is 1. The average Bonchev–Trinajstić information content (AvgIpc) is 2.65. The maximum absolute atomic E-state index is 12.8. The van der Waals surface area contributed by atoms with Crippen molar-refractivity contribution in [1.29, 1.82) is 0 Å². The van der Waals surface area contributed by atoms with Gasteiger partial charge in [0.15, 0.2) is 0 Å². The lowest BCUT2D eigenvalue weighted by molar-refractivity contribution is -0.122. The predicted octanol–water partition coefficient (Wildman–Crippen LogP) is 3.73. The number of halogens is 2. The summed E-state index contributed by atoms with van der Waals surface area (Å²) in [4.78, 5) is 27.5. The summed E-state index contributed by atoms with van der Waals surface area (Å²) in [6.07, 6.45) is 1.43. The van der Waals surface area contributed by atoms with Gasteiger partial charge in [-0.15, -0.1) is 0 Å². The van der Waals surface area contributed by atoms with Crippen molar-refractivity contribution >= 4 is 49.4 Å². The Labute approximate surface area is 141 Å². The molecule has 1 saturated heterocycles. The maximum Gasteiger partial charge on any atom is 0.237 e. The van der Waals surface area contributed by atoms with E-state index < -0.39 is 0 Å². The molecule has 21 heavy (non-hydrogen) atoms. The van der Waals surface area contributed by atoms with Crippen molar-refractivity contribution in [3.63, 3.8) is 0 Å². The van der Waals surface area contributed by atoms with Gasteiger partial charge < -0.3 is 0 Å². The fraction of sp³-hybridized carbons (Fsp3) is 0.500. The lowest BCUT2D eigenvalue weighted by atomic mass is 9.81. The van der Waals surface area contributed by atoms with Crippen molar-refractivity contribution in [1.82, 2.24) is 0 Å². The van der Waals surface area contributed by atoms with E-state index in [2.05, 4.69) is 31.9 Å². The van der Waals surface area contributed by atoms with Gasteiger partial charge in [0.05, 0.1) is 17.5 Å². The molecule has 0 bridgehead atoms. The Bertz CT molecular complexity index is 568. The van der Waals surface area contributed by atoms with E-state index >= 15 is 0 Å². The fourth-order valence-electron chi connectivity index (χ4n) is 3.47. The molecular weight excluding hydrogens is 398 g/mol. The van der Waals surface area contributed by atoms with Crippen LogP contribution in [0.15, 0.2) is 18.2 Å². The lowest BCUT2D eigenvalue weighted by Gasteiger charge is -2.29. The molecule has 2 amide bonds. The van der Waals surface area contributed by atoms with Crippen LogP contribution in [0.3, 0.4) is 0 Å². The first-order valence-electron chi connectivity index (χ1n) is 7.14. The summed E-state index contributed by atoms with van der Waals surface area (Å²) in [5, 5.41) is 0. The molecule has 1 saturated carbocycles. The summed E-state index contributed by atoms with van der Waals surface area (Å²) in [5.74, 6) is -0.443. The molecule has 2 fully saturated rings. The van der Waals surface area contributed by atoms with E-state index in [0.29, 0.717) is 12.8 Å². The van der Waals surface area contributed by atoms with Gasteiger partial charge in [0.25, 0.3) is 0 Å². The standard InChI is InChI=1S/C16H17Br2NO2/c1-8-4-3-5-9(2)14(8)19-15(20)10-6-12(17)13(18)7-11(10)16(19)21/h3-5,10-13H,6-7H2,1-2H3/t10-,11+,12-,13-/m0/s1. The van der Waals surface area contributed by atoms with Crippen molar-refractivity contribution in [3.05, 3.63) is 29.3 Å². The second kappa shape index (κ2) is 5.51. The topological polar surface area (TPSA) is 37.4 Å². The van der Waals surface area contributed by atoms with Gasteiger partial charge in [-0.1, -0.05) is 50.1 Å². The highest BCUT2D eigenvalue weighted by atomic mass is 79.9. The van der Waals surface area contributed by atoms with E-state index in [0.717, 1.165) is 16.8 Å². The molecule has 1 aromatic carbocycles. The number of alkyl halides is 2. The van der Waals surface area contributed by atoms with Gasteiger partial charge in [-0.05, 0) is 37.8 Å². The molecule has 1 aromatic rings. The molecule has 0 spiro atoms. The number of hydrogen-bond acceptors (Lipinski definition) is 2. The highest BCUT2D eigenvalue weighted by molar-refractivity contribution is 9.12. The van der Waals surface area contributed by atoms with Gasteiger partial charge in [0.2, 0.25) is 11.8 Å². The SMILES string of the molecule is Cc1cccc(C)c1N1C(=O)[C@H]2C[C@H](Br)[C@@H](Br)C[C@H]2C1=O. The molecule has 1 heterocycles. The van der Waals surface area contributed by atoms with Crippen LogP contribution in [0.25, 0.3) is 0 Å². The minimum absolute atomic E-state index is 0.0359. The van der Waals surface area contributed by atoms with Gasteiger partial charge in [0.1, 0.15) is 0 Å². The normalized spacial score (nSPS) is 32.5. The Kier molecular flexibility index (Phi) is 3.99. The lowest BCUT2D eigenvalue weighted by Crippen LogP contribution is -2.34. The summed E-state index contributed by atoms with van der Waals surface area (Å²) >= 11 is 7.23. The zero-order chi connectivity index (χ0) is 15.3. The summed E-state index contributed by atoms with van der Waals surface area (Å²) in [7, 11) is 0. The molecular formula is C16H17Br2NO2. The van der Waals surface area contributed by atoms with Gasteiger partial charge in [-0.2, -0.15) is 0 Å². The Morgan fingerprint density at radius 3 is 1.81 bits per heavy atom. The molecule has 3 rings (SSSR count). The minimum atomic E-state index is -0.185. The molecule has 112 valence electrons. The van der Waals surface area contributed by atoms with E-state index in [9.17, 15) is 9.59 Å². The number of anilines is 1. The maximum atomic E-state index is 12.8. The number of carbonyl (C=O) groups excluding carboxylic acids is 2. The molecule has 1 aliphatic carbocycles. The fourth-order valence-corrected chi connectivity index (χ4v) is 4.71. The number of nitrogens with zero attached hydrogens (tertiary/aromatic N) is 1. The number of hydrogen-bond donors (Lipinski definition) is 0. The molecule has 3 nitrogen and oxygen atoms in total. The van der Waals surface area contributed by atoms with Crippen LogP contribution in [0.1, 0.15) is 24.0 Å². The smallest absolute Gasteiger partial charge is 0.237 e. The zero-order valence-corrected chi connectivity index (χ0v) is 15.1. The predicted molar refractivity (Wildman–Crippen MR) is 90.1 cm³/mol. The molecule has 5 heteroatoms. The second-order valence-electron chi connectivity index (χ2n) is 5.97. The third-order valence-electron chi connectivity index (χ3n) is 4.57. The van der Waals surface area contributed by atoms with E-state index in [1.807, 2.05) is 32.0 Å². The Balaban J connectivity index is 2.02. The second-order valence-corrected chi connectivity index (χ2v) is 8.32. The summed E-state index contributed by atoms with van der Waals surface area (Å²) in [6, 6.07) is 5.85. The molecule has 0 radical (unpaired) electrons. The number of benzene rings is 1. The number of amides is 2. The van der Waals surface area contributed by atoms with Crippen molar-refractivity contribution in [2.45, 2.75) is 36.3 Å². The van der Waals surface area contributed by atoms with E-state index in [1.54, 1.807) is 0 Å². The van der Waals surface area contributed by atoms with Crippen LogP contribution in [0.2, 0.25) is 0 Å². The highest BCUT2D eigenvalue weighted by Crippen LogP contribution is 2.45. The molecule has 4 atom stereocenters. The molecule has 0 N–H and O–H groups in total. The average molecular weight is 415 g/mol. The Morgan fingerprint density at radius 2 is 1.38 bits per heavy atom. The first kappa shape index (κ1) is 15.2. The van der Waals surface area contributed by atoms with Crippen LogP contribution < -0.4 is 4.90 Å².